The molecule has 3 aromatic rings. The Kier molecular flexibility index (Phi) is 5.19. The zero-order valence-corrected chi connectivity index (χ0v) is 13.2. The van der Waals surface area contributed by atoms with Gasteiger partial charge in [-0.1, -0.05) is 30.3 Å². The normalized spacial score (nSPS) is 10.3. The SMILES string of the molecule is O=C(NCc1cccc(Cn2ccnc2)c1)NCc1ccccn1. The molecule has 0 saturated heterocycles. The Morgan fingerprint density at radius 1 is 1.00 bits per heavy atom. The number of carbonyl (C=O) groups is 1. The summed E-state index contributed by atoms with van der Waals surface area (Å²) in [4.78, 5) is 20.1. The van der Waals surface area contributed by atoms with Crippen LogP contribution >= 0.6 is 0 Å². The number of hydrogen-bond donors (Lipinski definition) is 2. The minimum Gasteiger partial charge on any atom is -0.334 e. The molecule has 3 rings (SSSR count). The Morgan fingerprint density at radius 3 is 2.67 bits per heavy atom. The quantitative estimate of drug-likeness (QED) is 0.732. The van der Waals surface area contributed by atoms with E-state index in [1.165, 1.54) is 5.56 Å². The van der Waals surface area contributed by atoms with Gasteiger partial charge in [-0.05, 0) is 23.3 Å². The monoisotopic (exact) mass is 321 g/mol. The van der Waals surface area contributed by atoms with Crippen LogP contribution in [0.25, 0.3) is 0 Å². The molecule has 2 aromatic heterocycles. The van der Waals surface area contributed by atoms with Crippen LogP contribution in [0.2, 0.25) is 0 Å². The number of urea groups is 1. The van der Waals surface area contributed by atoms with Gasteiger partial charge in [0, 0.05) is 31.7 Å². The lowest BCUT2D eigenvalue weighted by Gasteiger charge is -2.09. The second kappa shape index (κ2) is 7.92. The number of pyridine rings is 1. The molecular formula is C18H19N5O. The van der Waals surface area contributed by atoms with E-state index in [1.807, 2.05) is 41.1 Å². The molecule has 1 aromatic carbocycles. The first-order valence-electron chi connectivity index (χ1n) is 7.75. The topological polar surface area (TPSA) is 71.8 Å². The third-order valence-electron chi connectivity index (χ3n) is 3.53. The van der Waals surface area contributed by atoms with Crippen molar-refractivity contribution >= 4 is 6.03 Å². The molecule has 0 aliphatic heterocycles. The molecule has 2 N–H and O–H groups in total. The van der Waals surface area contributed by atoms with Crippen molar-refractivity contribution in [3.8, 4) is 0 Å². The van der Waals surface area contributed by atoms with Crippen molar-refractivity contribution in [1.29, 1.82) is 0 Å². The molecule has 2 amide bonds. The van der Waals surface area contributed by atoms with Crippen LogP contribution in [0.3, 0.4) is 0 Å². The minimum atomic E-state index is -0.208. The van der Waals surface area contributed by atoms with E-state index < -0.39 is 0 Å². The second-order valence-corrected chi connectivity index (χ2v) is 5.41. The van der Waals surface area contributed by atoms with E-state index in [1.54, 1.807) is 18.7 Å². The third kappa shape index (κ3) is 4.67. The lowest BCUT2D eigenvalue weighted by atomic mass is 10.1. The van der Waals surface area contributed by atoms with Crippen LogP contribution in [0, 0.1) is 0 Å². The average molecular weight is 321 g/mol. The van der Waals surface area contributed by atoms with E-state index in [9.17, 15) is 4.79 Å². The van der Waals surface area contributed by atoms with Gasteiger partial charge in [0.2, 0.25) is 0 Å². The van der Waals surface area contributed by atoms with E-state index in [0.29, 0.717) is 13.1 Å². The van der Waals surface area contributed by atoms with E-state index >= 15 is 0 Å². The predicted molar refractivity (Wildman–Crippen MR) is 91.1 cm³/mol. The first-order valence-corrected chi connectivity index (χ1v) is 7.75. The van der Waals surface area contributed by atoms with Gasteiger partial charge in [-0.15, -0.1) is 0 Å². The molecule has 0 aliphatic rings. The highest BCUT2D eigenvalue weighted by molar-refractivity contribution is 5.73. The van der Waals surface area contributed by atoms with Gasteiger partial charge in [0.1, 0.15) is 0 Å². The molecule has 0 saturated carbocycles. The molecule has 6 heteroatoms. The summed E-state index contributed by atoms with van der Waals surface area (Å²) in [5.41, 5.74) is 3.05. The number of nitrogens with zero attached hydrogens (tertiary/aromatic N) is 3. The summed E-state index contributed by atoms with van der Waals surface area (Å²) in [6.07, 6.45) is 7.18. The standard InChI is InChI=1S/C18H19N5O/c24-18(22-12-17-6-1-2-7-20-17)21-11-15-4-3-5-16(10-15)13-23-9-8-19-14-23/h1-10,14H,11-13H2,(H2,21,22,24). The smallest absolute Gasteiger partial charge is 0.315 e. The van der Waals surface area contributed by atoms with Crippen LogP contribution in [0.15, 0.2) is 67.4 Å². The van der Waals surface area contributed by atoms with Gasteiger partial charge in [0.25, 0.3) is 0 Å². The summed E-state index contributed by atoms with van der Waals surface area (Å²) >= 11 is 0. The van der Waals surface area contributed by atoms with E-state index in [4.69, 9.17) is 0 Å². The molecule has 0 bridgehead atoms. The van der Waals surface area contributed by atoms with E-state index in [-0.39, 0.29) is 6.03 Å². The lowest BCUT2D eigenvalue weighted by molar-refractivity contribution is 0.240. The Hall–Kier alpha value is -3.15. The van der Waals surface area contributed by atoms with Crippen molar-refractivity contribution in [2.75, 3.05) is 0 Å². The van der Waals surface area contributed by atoms with Crippen LogP contribution in [0.4, 0.5) is 4.79 Å². The number of aromatic nitrogens is 3. The Morgan fingerprint density at radius 2 is 1.88 bits per heavy atom. The van der Waals surface area contributed by atoms with Crippen molar-refractivity contribution in [3.05, 3.63) is 84.2 Å². The number of benzene rings is 1. The zero-order chi connectivity index (χ0) is 16.6. The molecule has 2 heterocycles. The van der Waals surface area contributed by atoms with Gasteiger partial charge >= 0.3 is 6.03 Å². The fraction of sp³-hybridized carbons (Fsp3) is 0.167. The highest BCUT2D eigenvalue weighted by atomic mass is 16.2. The summed E-state index contributed by atoms with van der Waals surface area (Å²) in [7, 11) is 0. The molecule has 6 nitrogen and oxygen atoms in total. The van der Waals surface area contributed by atoms with Crippen LogP contribution in [0.1, 0.15) is 16.8 Å². The van der Waals surface area contributed by atoms with Crippen LogP contribution in [-0.4, -0.2) is 20.6 Å². The van der Waals surface area contributed by atoms with Crippen LogP contribution in [0.5, 0.6) is 0 Å². The fourth-order valence-corrected chi connectivity index (χ4v) is 2.35. The van der Waals surface area contributed by atoms with Gasteiger partial charge in [0.05, 0.1) is 18.6 Å². The molecule has 0 aliphatic carbocycles. The molecule has 24 heavy (non-hydrogen) atoms. The largest absolute Gasteiger partial charge is 0.334 e. The Balaban J connectivity index is 1.48. The first-order chi connectivity index (χ1) is 11.8. The maximum Gasteiger partial charge on any atom is 0.315 e. The molecule has 0 fully saturated rings. The van der Waals surface area contributed by atoms with Gasteiger partial charge < -0.3 is 15.2 Å². The fourth-order valence-electron chi connectivity index (χ4n) is 2.35. The van der Waals surface area contributed by atoms with Crippen LogP contribution in [-0.2, 0) is 19.6 Å². The highest BCUT2D eigenvalue weighted by Gasteiger charge is 2.02. The third-order valence-corrected chi connectivity index (χ3v) is 3.53. The first kappa shape index (κ1) is 15.7. The van der Waals surface area contributed by atoms with E-state index in [0.717, 1.165) is 17.8 Å². The molecule has 0 atom stereocenters. The van der Waals surface area contributed by atoms with Crippen molar-refractivity contribution in [3.63, 3.8) is 0 Å². The number of nitrogens with one attached hydrogen (secondary N) is 2. The molecular weight excluding hydrogens is 302 g/mol. The molecule has 122 valence electrons. The van der Waals surface area contributed by atoms with Gasteiger partial charge in [-0.3, -0.25) is 4.98 Å². The zero-order valence-electron chi connectivity index (χ0n) is 13.2. The van der Waals surface area contributed by atoms with Crippen molar-refractivity contribution in [2.24, 2.45) is 0 Å². The summed E-state index contributed by atoms with van der Waals surface area (Å²) in [6, 6.07) is 13.5. The molecule has 0 spiro atoms. The lowest BCUT2D eigenvalue weighted by Crippen LogP contribution is -2.34. The number of amides is 2. The van der Waals surface area contributed by atoms with Gasteiger partial charge in [0.15, 0.2) is 0 Å². The Bertz CT molecular complexity index is 771. The maximum absolute atomic E-state index is 11.9. The van der Waals surface area contributed by atoms with Crippen LogP contribution < -0.4 is 10.6 Å². The average Bonchev–Trinajstić information content (AvgIpc) is 3.12. The number of imidazole rings is 1. The van der Waals surface area contributed by atoms with Gasteiger partial charge in [-0.2, -0.15) is 0 Å². The predicted octanol–water partition coefficient (Wildman–Crippen LogP) is 2.33. The maximum atomic E-state index is 11.9. The molecule has 0 unspecified atom stereocenters. The van der Waals surface area contributed by atoms with Crippen molar-refractivity contribution in [1.82, 2.24) is 25.2 Å². The second-order valence-electron chi connectivity index (χ2n) is 5.41. The minimum absolute atomic E-state index is 0.208. The summed E-state index contributed by atoms with van der Waals surface area (Å²) in [5, 5.41) is 5.65. The number of carbonyl (C=O) groups excluding carboxylic acids is 1. The Labute approximate surface area is 140 Å². The number of hydrogen-bond acceptors (Lipinski definition) is 3. The number of rotatable bonds is 6. The highest BCUT2D eigenvalue weighted by Crippen LogP contribution is 2.07. The summed E-state index contributed by atoms with van der Waals surface area (Å²) in [5.74, 6) is 0. The van der Waals surface area contributed by atoms with Crippen molar-refractivity contribution in [2.45, 2.75) is 19.6 Å². The van der Waals surface area contributed by atoms with E-state index in [2.05, 4.69) is 32.7 Å². The molecule has 0 radical (unpaired) electrons. The summed E-state index contributed by atoms with van der Waals surface area (Å²) in [6.45, 7) is 1.65. The van der Waals surface area contributed by atoms with Gasteiger partial charge in [-0.25, -0.2) is 9.78 Å². The summed E-state index contributed by atoms with van der Waals surface area (Å²) < 4.78 is 2.01. The van der Waals surface area contributed by atoms with Crippen molar-refractivity contribution < 1.29 is 4.79 Å².